The van der Waals surface area contributed by atoms with Crippen LogP contribution in [0.2, 0.25) is 0 Å². The maximum absolute atomic E-state index is 12.6. The van der Waals surface area contributed by atoms with Crippen LogP contribution in [0, 0.1) is 5.82 Å². The van der Waals surface area contributed by atoms with E-state index in [1.54, 1.807) is 0 Å². The van der Waals surface area contributed by atoms with E-state index in [0.29, 0.717) is 4.47 Å². The standard InChI is InChI=1S/C8H7BrF3N.ClH/c9-6-2-1-4(10)3-5(6)7(13)8(11)12;/h1-3,7-8H,13H2;1H/t7-;/m0./s1. The highest BCUT2D eigenvalue weighted by molar-refractivity contribution is 9.10. The maximum Gasteiger partial charge on any atom is 0.257 e. The van der Waals surface area contributed by atoms with Gasteiger partial charge < -0.3 is 5.73 Å². The lowest BCUT2D eigenvalue weighted by atomic mass is 10.1. The van der Waals surface area contributed by atoms with E-state index in [-0.39, 0.29) is 18.0 Å². The molecule has 0 spiro atoms. The van der Waals surface area contributed by atoms with Crippen molar-refractivity contribution in [1.29, 1.82) is 0 Å². The number of hydrogen-bond acceptors (Lipinski definition) is 1. The summed E-state index contributed by atoms with van der Waals surface area (Å²) in [6.07, 6.45) is -2.70. The number of nitrogens with two attached hydrogens (primary N) is 1. The van der Waals surface area contributed by atoms with Gasteiger partial charge in [-0.3, -0.25) is 0 Å². The van der Waals surface area contributed by atoms with Gasteiger partial charge in [-0.1, -0.05) is 15.9 Å². The van der Waals surface area contributed by atoms with Crippen molar-refractivity contribution in [2.24, 2.45) is 5.73 Å². The second-order valence-electron chi connectivity index (χ2n) is 2.53. The lowest BCUT2D eigenvalue weighted by Crippen LogP contribution is -2.19. The largest absolute Gasteiger partial charge is 0.319 e. The van der Waals surface area contributed by atoms with Crippen molar-refractivity contribution in [2.45, 2.75) is 12.5 Å². The molecular formula is C8H8BrClF3N. The molecule has 80 valence electrons. The van der Waals surface area contributed by atoms with Gasteiger partial charge in [-0.05, 0) is 23.8 Å². The van der Waals surface area contributed by atoms with Gasteiger partial charge >= 0.3 is 0 Å². The minimum Gasteiger partial charge on any atom is -0.319 e. The van der Waals surface area contributed by atoms with E-state index in [2.05, 4.69) is 15.9 Å². The Morgan fingerprint density at radius 3 is 2.36 bits per heavy atom. The Labute approximate surface area is 94.0 Å². The van der Waals surface area contributed by atoms with Gasteiger partial charge in [0.2, 0.25) is 0 Å². The smallest absolute Gasteiger partial charge is 0.257 e. The molecule has 1 nitrogen and oxygen atoms in total. The molecule has 1 aromatic rings. The Morgan fingerprint density at radius 1 is 1.29 bits per heavy atom. The van der Waals surface area contributed by atoms with E-state index >= 15 is 0 Å². The van der Waals surface area contributed by atoms with Crippen molar-refractivity contribution in [2.75, 3.05) is 0 Å². The fourth-order valence-corrected chi connectivity index (χ4v) is 1.42. The van der Waals surface area contributed by atoms with Gasteiger partial charge in [-0.25, -0.2) is 13.2 Å². The van der Waals surface area contributed by atoms with Crippen LogP contribution in [-0.2, 0) is 0 Å². The second-order valence-corrected chi connectivity index (χ2v) is 3.38. The molecule has 6 heteroatoms. The molecule has 0 bridgehead atoms. The minimum atomic E-state index is -2.70. The molecule has 0 saturated heterocycles. The van der Waals surface area contributed by atoms with Crippen molar-refractivity contribution < 1.29 is 13.2 Å². The van der Waals surface area contributed by atoms with E-state index in [1.807, 2.05) is 0 Å². The van der Waals surface area contributed by atoms with Gasteiger partial charge in [0, 0.05) is 4.47 Å². The molecular weight excluding hydrogens is 282 g/mol. The quantitative estimate of drug-likeness (QED) is 0.889. The summed E-state index contributed by atoms with van der Waals surface area (Å²) in [5, 5.41) is 0. The summed E-state index contributed by atoms with van der Waals surface area (Å²) >= 11 is 3.02. The zero-order valence-electron chi connectivity index (χ0n) is 6.88. The van der Waals surface area contributed by atoms with Crippen LogP contribution < -0.4 is 5.73 Å². The summed E-state index contributed by atoms with van der Waals surface area (Å²) in [5.74, 6) is -0.575. The molecule has 0 unspecified atom stereocenters. The van der Waals surface area contributed by atoms with Gasteiger partial charge in [-0.15, -0.1) is 12.4 Å². The van der Waals surface area contributed by atoms with Gasteiger partial charge in [0.25, 0.3) is 6.43 Å². The second kappa shape index (κ2) is 5.58. The van der Waals surface area contributed by atoms with E-state index < -0.39 is 18.3 Å². The predicted molar refractivity (Wildman–Crippen MR) is 54.3 cm³/mol. The summed E-state index contributed by atoms with van der Waals surface area (Å²) in [6.45, 7) is 0. The lowest BCUT2D eigenvalue weighted by molar-refractivity contribution is 0.116. The van der Waals surface area contributed by atoms with Gasteiger partial charge in [-0.2, -0.15) is 0 Å². The van der Waals surface area contributed by atoms with Crippen LogP contribution in [0.3, 0.4) is 0 Å². The SMILES string of the molecule is Cl.N[C@@H](c1cc(F)ccc1Br)C(F)F. The molecule has 1 aromatic carbocycles. The molecule has 14 heavy (non-hydrogen) atoms. The van der Waals surface area contributed by atoms with Crippen LogP contribution in [0.15, 0.2) is 22.7 Å². The summed E-state index contributed by atoms with van der Waals surface area (Å²) < 4.78 is 37.4. The van der Waals surface area contributed by atoms with Gasteiger partial charge in [0.15, 0.2) is 0 Å². The highest BCUT2D eigenvalue weighted by atomic mass is 79.9. The molecule has 0 aliphatic rings. The predicted octanol–water partition coefficient (Wildman–Crippen LogP) is 3.27. The van der Waals surface area contributed by atoms with Crippen molar-refractivity contribution in [3.05, 3.63) is 34.1 Å². The van der Waals surface area contributed by atoms with Crippen molar-refractivity contribution >= 4 is 28.3 Å². The van der Waals surface area contributed by atoms with E-state index in [1.165, 1.54) is 12.1 Å². The number of benzene rings is 1. The van der Waals surface area contributed by atoms with Crippen LogP contribution in [0.5, 0.6) is 0 Å². The number of rotatable bonds is 2. The molecule has 0 radical (unpaired) electrons. The van der Waals surface area contributed by atoms with Crippen LogP contribution in [-0.4, -0.2) is 6.43 Å². The topological polar surface area (TPSA) is 26.0 Å². The summed E-state index contributed by atoms with van der Waals surface area (Å²) in [7, 11) is 0. The van der Waals surface area contributed by atoms with E-state index in [4.69, 9.17) is 5.73 Å². The average Bonchev–Trinajstić information content (AvgIpc) is 2.08. The Kier molecular flexibility index (Phi) is 5.48. The monoisotopic (exact) mass is 289 g/mol. The third-order valence-corrected chi connectivity index (χ3v) is 2.31. The molecule has 0 aliphatic carbocycles. The maximum atomic E-state index is 12.6. The van der Waals surface area contributed by atoms with E-state index in [9.17, 15) is 13.2 Å². The van der Waals surface area contributed by atoms with Crippen LogP contribution in [0.1, 0.15) is 11.6 Å². The van der Waals surface area contributed by atoms with Crippen LogP contribution >= 0.6 is 28.3 Å². The molecule has 1 atom stereocenters. The fourth-order valence-electron chi connectivity index (χ4n) is 0.906. The molecule has 0 heterocycles. The highest BCUT2D eigenvalue weighted by Crippen LogP contribution is 2.26. The summed E-state index contributed by atoms with van der Waals surface area (Å²) in [4.78, 5) is 0. The fraction of sp³-hybridized carbons (Fsp3) is 0.250. The van der Waals surface area contributed by atoms with Crippen molar-refractivity contribution in [1.82, 2.24) is 0 Å². The zero-order chi connectivity index (χ0) is 10.0. The highest BCUT2D eigenvalue weighted by Gasteiger charge is 2.20. The van der Waals surface area contributed by atoms with Gasteiger partial charge in [0.1, 0.15) is 5.82 Å². The normalized spacial score (nSPS) is 12.4. The zero-order valence-corrected chi connectivity index (χ0v) is 9.29. The molecule has 0 saturated carbocycles. The Bertz CT molecular complexity index is 309. The summed E-state index contributed by atoms with van der Waals surface area (Å²) in [6, 6.07) is 2.07. The first-order chi connectivity index (χ1) is 6.02. The van der Waals surface area contributed by atoms with E-state index in [0.717, 1.165) is 6.07 Å². The average molecular weight is 291 g/mol. The first-order valence-corrected chi connectivity index (χ1v) is 4.30. The number of alkyl halides is 2. The first-order valence-electron chi connectivity index (χ1n) is 3.51. The molecule has 1 rings (SSSR count). The minimum absolute atomic E-state index is 0. The van der Waals surface area contributed by atoms with Crippen molar-refractivity contribution in [3.8, 4) is 0 Å². The van der Waals surface area contributed by atoms with Gasteiger partial charge in [0.05, 0.1) is 6.04 Å². The molecule has 2 N–H and O–H groups in total. The number of halogens is 5. The van der Waals surface area contributed by atoms with Crippen molar-refractivity contribution in [3.63, 3.8) is 0 Å². The lowest BCUT2D eigenvalue weighted by Gasteiger charge is -2.12. The molecule has 0 amide bonds. The van der Waals surface area contributed by atoms with Crippen LogP contribution in [0.4, 0.5) is 13.2 Å². The number of hydrogen-bond donors (Lipinski definition) is 1. The molecule has 0 aliphatic heterocycles. The molecule has 0 fully saturated rings. The van der Waals surface area contributed by atoms with Crippen LogP contribution in [0.25, 0.3) is 0 Å². The third-order valence-electron chi connectivity index (χ3n) is 1.59. The Hall–Kier alpha value is -0.260. The first kappa shape index (κ1) is 13.7. The summed E-state index contributed by atoms with van der Waals surface area (Å²) in [5.41, 5.74) is 5.24. The Morgan fingerprint density at radius 2 is 1.86 bits per heavy atom. The Balaban J connectivity index is 0.00000169. The molecule has 0 aromatic heterocycles. The third kappa shape index (κ3) is 3.15.